The maximum absolute atomic E-state index is 14.3. The number of nitrogens with zero attached hydrogens (tertiary/aromatic N) is 1. The lowest BCUT2D eigenvalue weighted by Crippen LogP contribution is -2.45. The van der Waals surface area contributed by atoms with Gasteiger partial charge in [-0.15, -0.1) is 0 Å². The first kappa shape index (κ1) is 79.5. The quantitative estimate of drug-likeness (QED) is 0.0260. The summed E-state index contributed by atoms with van der Waals surface area (Å²) in [5, 5.41) is 2.92. The Morgan fingerprint density at radius 1 is 0.386 bits per heavy atom. The van der Waals surface area contributed by atoms with Gasteiger partial charge in [-0.1, -0.05) is 154 Å². The van der Waals surface area contributed by atoms with Gasteiger partial charge in [-0.2, -0.15) is 0 Å². The summed E-state index contributed by atoms with van der Waals surface area (Å²) in [6, 6.07) is 0. The fourth-order valence-electron chi connectivity index (χ4n) is 8.50. The molecule has 0 saturated carbocycles. The van der Waals surface area contributed by atoms with E-state index in [9.17, 15) is 24.0 Å². The summed E-state index contributed by atoms with van der Waals surface area (Å²) >= 11 is 0. The van der Waals surface area contributed by atoms with Crippen molar-refractivity contribution in [1.29, 1.82) is 0 Å². The molecule has 0 aromatic carbocycles. The Kier molecular flexibility index (Phi) is 63.3. The van der Waals surface area contributed by atoms with Gasteiger partial charge in [0.05, 0.1) is 79.2 Å². The third-order valence-electron chi connectivity index (χ3n) is 13.5. The zero-order chi connectivity index (χ0) is 60.4. The standard InChI is InChI=1S/C65H120N2O16/c1-5-8-11-14-17-25-34-45-80-61(68)37-28-21-19-24-32-43-78-59-60(79-44-33-27-20-22-29-38-62(69)81-46-35-26-18-15-12-9-6-2)65(72)67(41-31-23-16-13-10-7-3)42-49-74-50-51-75-52-53-76-54-55-77-56-57-83-63(70)39-30-36-47-82-64(71)58-66-40-48-73-4/h25-26,34-35,60,66H,5-24,27-33,36-59H2,1-4H3/b34-25-,35-26-. The molecule has 0 aliphatic rings. The van der Waals surface area contributed by atoms with Crippen LogP contribution in [0.25, 0.3) is 0 Å². The van der Waals surface area contributed by atoms with Crippen LogP contribution in [0, 0.1) is 0 Å². The fourth-order valence-corrected chi connectivity index (χ4v) is 8.50. The van der Waals surface area contributed by atoms with Gasteiger partial charge in [0, 0.05) is 59.2 Å². The summed E-state index contributed by atoms with van der Waals surface area (Å²) in [7, 11) is 1.59. The maximum atomic E-state index is 14.3. The van der Waals surface area contributed by atoms with Crippen LogP contribution in [-0.4, -0.2) is 180 Å². The molecule has 1 unspecified atom stereocenters. The Hall–Kier alpha value is -3.49. The van der Waals surface area contributed by atoms with Crippen LogP contribution in [0.5, 0.6) is 0 Å². The van der Waals surface area contributed by atoms with E-state index >= 15 is 0 Å². The molecule has 18 heteroatoms. The predicted octanol–water partition coefficient (Wildman–Crippen LogP) is 12.0. The number of hydrogen-bond acceptors (Lipinski definition) is 17. The van der Waals surface area contributed by atoms with E-state index < -0.39 is 6.10 Å². The van der Waals surface area contributed by atoms with Crippen molar-refractivity contribution in [3.63, 3.8) is 0 Å². The van der Waals surface area contributed by atoms with E-state index in [1.54, 1.807) is 7.11 Å². The van der Waals surface area contributed by atoms with Crippen molar-refractivity contribution in [2.45, 2.75) is 226 Å². The van der Waals surface area contributed by atoms with Crippen molar-refractivity contribution in [2.75, 3.05) is 139 Å². The van der Waals surface area contributed by atoms with E-state index in [1.165, 1.54) is 70.6 Å². The van der Waals surface area contributed by atoms with E-state index in [0.717, 1.165) is 96.3 Å². The number of rotatable bonds is 66. The summed E-state index contributed by atoms with van der Waals surface area (Å²) in [5.74, 6) is -1.02. The summed E-state index contributed by atoms with van der Waals surface area (Å²) in [6.45, 7) is 14.1. The molecule has 1 amide bonds. The van der Waals surface area contributed by atoms with Crippen LogP contribution in [0.15, 0.2) is 24.3 Å². The number of allylic oxidation sites excluding steroid dienone is 2. The summed E-state index contributed by atoms with van der Waals surface area (Å²) in [5.41, 5.74) is 0. The molecular weight excluding hydrogens is 1060 g/mol. The molecule has 0 aromatic rings. The van der Waals surface area contributed by atoms with Gasteiger partial charge in [-0.3, -0.25) is 24.0 Å². The minimum atomic E-state index is -0.726. The van der Waals surface area contributed by atoms with Crippen LogP contribution < -0.4 is 5.32 Å². The van der Waals surface area contributed by atoms with Crippen molar-refractivity contribution in [3.05, 3.63) is 24.3 Å². The topological polar surface area (TPSA) is 202 Å². The molecule has 0 bridgehead atoms. The fraction of sp³-hybridized carbons (Fsp3) is 0.862. The number of esters is 4. The van der Waals surface area contributed by atoms with E-state index in [-0.39, 0.29) is 69.2 Å². The van der Waals surface area contributed by atoms with Gasteiger partial charge in [0.15, 0.2) is 6.10 Å². The Morgan fingerprint density at radius 3 is 1.37 bits per heavy atom. The molecule has 0 radical (unpaired) electrons. The molecule has 0 fully saturated rings. The third kappa shape index (κ3) is 60.0. The number of carbonyl (C=O) groups is 5. The van der Waals surface area contributed by atoms with E-state index in [1.807, 2.05) is 17.1 Å². The molecule has 18 nitrogen and oxygen atoms in total. The van der Waals surface area contributed by atoms with Crippen LogP contribution in [0.1, 0.15) is 220 Å². The average molecular weight is 1190 g/mol. The molecular formula is C65H120N2O16. The van der Waals surface area contributed by atoms with E-state index in [4.69, 9.17) is 52.1 Å². The monoisotopic (exact) mass is 1180 g/mol. The Labute approximate surface area is 503 Å². The zero-order valence-corrected chi connectivity index (χ0v) is 52.9. The van der Waals surface area contributed by atoms with Gasteiger partial charge in [-0.05, 0) is 70.6 Å². The van der Waals surface area contributed by atoms with Gasteiger partial charge in [0.2, 0.25) is 0 Å². The molecule has 0 aromatic heterocycles. The van der Waals surface area contributed by atoms with Crippen molar-refractivity contribution < 1.29 is 76.1 Å². The van der Waals surface area contributed by atoms with E-state index in [0.29, 0.717) is 125 Å². The first-order valence-corrected chi connectivity index (χ1v) is 32.7. The second-order valence-corrected chi connectivity index (χ2v) is 21.1. The van der Waals surface area contributed by atoms with Crippen molar-refractivity contribution >= 4 is 29.8 Å². The number of hydrogen-bond donors (Lipinski definition) is 1. The normalized spacial score (nSPS) is 11.9. The van der Waals surface area contributed by atoms with Crippen LogP contribution in [0.2, 0.25) is 0 Å². The number of unbranched alkanes of at least 4 members (excludes halogenated alkanes) is 22. The number of ether oxygens (including phenoxy) is 11. The summed E-state index contributed by atoms with van der Waals surface area (Å²) < 4.78 is 61.2. The Bertz CT molecular complexity index is 1520. The number of nitrogens with one attached hydrogen (secondary N) is 1. The lowest BCUT2D eigenvalue weighted by molar-refractivity contribution is -0.149. The highest BCUT2D eigenvalue weighted by atomic mass is 16.6. The molecule has 1 atom stereocenters. The van der Waals surface area contributed by atoms with Gasteiger partial charge < -0.3 is 62.3 Å². The Morgan fingerprint density at radius 2 is 0.819 bits per heavy atom. The summed E-state index contributed by atoms with van der Waals surface area (Å²) in [6.07, 6.45) is 37.2. The maximum Gasteiger partial charge on any atom is 0.319 e. The smallest absolute Gasteiger partial charge is 0.319 e. The second-order valence-electron chi connectivity index (χ2n) is 21.1. The highest BCUT2D eigenvalue weighted by molar-refractivity contribution is 5.81. The third-order valence-corrected chi connectivity index (χ3v) is 13.5. The molecule has 486 valence electrons. The van der Waals surface area contributed by atoms with Crippen LogP contribution in [0.3, 0.4) is 0 Å². The minimum absolute atomic E-state index is 0.0773. The lowest BCUT2D eigenvalue weighted by Gasteiger charge is -2.28. The summed E-state index contributed by atoms with van der Waals surface area (Å²) in [4.78, 5) is 64.2. The number of methoxy groups -OCH3 is 1. The molecule has 0 saturated heterocycles. The molecule has 0 aliphatic heterocycles. The molecule has 83 heavy (non-hydrogen) atoms. The molecule has 0 heterocycles. The van der Waals surface area contributed by atoms with Crippen molar-refractivity contribution in [2.24, 2.45) is 0 Å². The van der Waals surface area contributed by atoms with Gasteiger partial charge in [-0.25, -0.2) is 0 Å². The van der Waals surface area contributed by atoms with Crippen molar-refractivity contribution in [3.8, 4) is 0 Å². The minimum Gasteiger partial charge on any atom is -0.465 e. The SMILES string of the molecule is CCCCCC/C=C\COC(=O)CCCCCCCOCC(OCCCCCCCC(=O)OC/C=C\CCCCCC)C(=O)N(CCCCCCCC)CCOCCOCCOCCOCCOC(=O)CCCCOC(=O)CNCCOC. The first-order chi connectivity index (χ1) is 40.8. The van der Waals surface area contributed by atoms with Crippen LogP contribution in [-0.2, 0) is 76.1 Å². The van der Waals surface area contributed by atoms with Gasteiger partial charge in [0.25, 0.3) is 5.91 Å². The lowest BCUT2D eigenvalue weighted by atomic mass is 10.1. The van der Waals surface area contributed by atoms with Crippen LogP contribution >= 0.6 is 0 Å². The highest BCUT2D eigenvalue weighted by Gasteiger charge is 2.25. The predicted molar refractivity (Wildman–Crippen MR) is 327 cm³/mol. The average Bonchev–Trinajstić information content (AvgIpc) is 3.52. The highest BCUT2D eigenvalue weighted by Crippen LogP contribution is 2.13. The zero-order valence-electron chi connectivity index (χ0n) is 52.9. The Balaban J connectivity index is 4.82. The first-order valence-electron chi connectivity index (χ1n) is 32.7. The molecule has 0 aliphatic carbocycles. The largest absolute Gasteiger partial charge is 0.465 e. The molecule has 0 rings (SSSR count). The van der Waals surface area contributed by atoms with Crippen LogP contribution in [0.4, 0.5) is 0 Å². The van der Waals surface area contributed by atoms with Gasteiger partial charge in [0.1, 0.15) is 19.8 Å². The molecule has 0 spiro atoms. The number of amides is 1. The van der Waals surface area contributed by atoms with Crippen molar-refractivity contribution in [1.82, 2.24) is 10.2 Å². The van der Waals surface area contributed by atoms with E-state index in [2.05, 4.69) is 38.2 Å². The molecule has 1 N–H and O–H groups in total. The van der Waals surface area contributed by atoms with Gasteiger partial charge >= 0.3 is 23.9 Å². The second kappa shape index (κ2) is 66.0. The number of carbonyl (C=O) groups excluding carboxylic acids is 5.